The first-order chi connectivity index (χ1) is 29.9. The molecule has 3 N–H and O–H groups in total. The van der Waals surface area contributed by atoms with E-state index in [-0.39, 0.29) is 36.0 Å². The zero-order valence-corrected chi connectivity index (χ0v) is 36.4. The molecule has 7 aliphatic rings. The van der Waals surface area contributed by atoms with E-state index in [4.69, 9.17) is 39.9 Å². The molecule has 2 spiro atoms. The van der Waals surface area contributed by atoms with Crippen LogP contribution in [0.25, 0.3) is 0 Å². The molecule has 10 heterocycles. The molecule has 4 saturated heterocycles. The topological polar surface area (TPSA) is 182 Å². The number of aliphatic imine (C=N–C) groups is 2. The molecule has 0 aliphatic carbocycles. The quantitative estimate of drug-likeness (QED) is 0.258. The molecule has 1 aromatic carbocycles. The van der Waals surface area contributed by atoms with Crippen molar-refractivity contribution >= 4 is 55.6 Å². The van der Waals surface area contributed by atoms with Crippen LogP contribution < -0.4 is 25.8 Å². The molecular formula is C44H51IN12O4. The van der Waals surface area contributed by atoms with E-state index in [2.05, 4.69) is 63.6 Å². The van der Waals surface area contributed by atoms with E-state index in [1.54, 1.807) is 0 Å². The van der Waals surface area contributed by atoms with E-state index >= 15 is 0 Å². The predicted octanol–water partition coefficient (Wildman–Crippen LogP) is 4.90. The Balaban J connectivity index is 0.000000146. The number of anilines is 3. The highest BCUT2D eigenvalue weighted by Gasteiger charge is 2.48. The Morgan fingerprint density at radius 2 is 1.48 bits per heavy atom. The van der Waals surface area contributed by atoms with Gasteiger partial charge in [0.1, 0.15) is 33.3 Å². The molecule has 4 aromatic rings. The van der Waals surface area contributed by atoms with Crippen molar-refractivity contribution in [3.63, 3.8) is 0 Å². The first-order valence-corrected chi connectivity index (χ1v) is 22.6. The van der Waals surface area contributed by atoms with Crippen LogP contribution >= 0.6 is 22.6 Å². The van der Waals surface area contributed by atoms with Crippen LogP contribution in [0.4, 0.5) is 22.1 Å². The number of nitrogens with zero attached hydrogens (tertiary/aromatic N) is 10. The Bertz CT molecular complexity index is 2310. The Labute approximate surface area is 369 Å². The Kier molecular flexibility index (Phi) is 11.3. The molecule has 61 heavy (non-hydrogen) atoms. The first kappa shape index (κ1) is 40.2. The number of alkyl carbamates (subject to hydrolysis) is 1. The van der Waals surface area contributed by atoms with E-state index in [1.165, 1.54) is 0 Å². The second kappa shape index (κ2) is 17.1. The van der Waals surface area contributed by atoms with Crippen LogP contribution in [-0.4, -0.2) is 110 Å². The minimum absolute atomic E-state index is 0.0426. The fourth-order valence-electron chi connectivity index (χ4n) is 9.84. The second-order valence-corrected chi connectivity index (χ2v) is 17.8. The van der Waals surface area contributed by atoms with Gasteiger partial charge in [-0.15, -0.1) is 0 Å². The molecule has 17 heteroatoms. The number of hydrogen-bond acceptors (Lipinski definition) is 15. The number of piperidine rings is 2. The van der Waals surface area contributed by atoms with Crippen LogP contribution in [0, 0.1) is 0 Å². The van der Waals surface area contributed by atoms with Gasteiger partial charge in [-0.2, -0.15) is 0 Å². The molecule has 0 radical (unpaired) electrons. The lowest BCUT2D eigenvalue weighted by molar-refractivity contribution is -0.0292. The molecule has 4 fully saturated rings. The van der Waals surface area contributed by atoms with Gasteiger partial charge in [-0.1, -0.05) is 30.3 Å². The minimum atomic E-state index is -0.389. The maximum absolute atomic E-state index is 12.4. The van der Waals surface area contributed by atoms with Gasteiger partial charge in [-0.05, 0) is 91.7 Å². The summed E-state index contributed by atoms with van der Waals surface area (Å²) < 4.78 is 18.6. The van der Waals surface area contributed by atoms with Gasteiger partial charge < -0.3 is 40.0 Å². The number of nitrogens with one attached hydrogen (secondary N) is 1. The minimum Gasteiger partial charge on any atom is -0.445 e. The number of aromatic nitrogens is 5. The standard InChI is InChI=1S/C22H24IN5O3.C22H27N7O/c23-20-19-16(12-25-20)26-18(13-24-19)28-9-7-22(8-10-28)17(6-11-31-22)27-21(29)30-14-15-4-2-1-3-5-15;23-18-5-12-30-22(18)6-10-28(11-7-22)19-14-25-20-16(27-19)13-26-21(20)29-9-2-3-15-17(29)4-1-8-24-15/h1-5,13,17H,6-12,14H2,(H,27,29);1,4,8,14,18H,2-3,5-7,9-13,23H2. The van der Waals surface area contributed by atoms with Crippen LogP contribution in [0.1, 0.15) is 79.0 Å². The summed E-state index contributed by atoms with van der Waals surface area (Å²) in [5.41, 5.74) is 12.8. The van der Waals surface area contributed by atoms with Gasteiger partial charge in [0.2, 0.25) is 0 Å². The fourth-order valence-corrected chi connectivity index (χ4v) is 10.5. The van der Waals surface area contributed by atoms with Gasteiger partial charge in [0, 0.05) is 58.2 Å². The van der Waals surface area contributed by atoms with Crippen molar-refractivity contribution in [2.45, 2.75) is 94.3 Å². The number of halogens is 1. The molecule has 16 nitrogen and oxygen atoms in total. The number of benzene rings is 1. The van der Waals surface area contributed by atoms with Gasteiger partial charge in [0.15, 0.2) is 5.84 Å². The number of hydrogen-bond donors (Lipinski definition) is 2. The maximum Gasteiger partial charge on any atom is 0.407 e. The number of ether oxygens (including phenoxy) is 3. The number of amidine groups is 1. The van der Waals surface area contributed by atoms with Gasteiger partial charge in [-0.25, -0.2) is 24.7 Å². The van der Waals surface area contributed by atoms with Crippen molar-refractivity contribution < 1.29 is 19.0 Å². The van der Waals surface area contributed by atoms with Crippen LogP contribution in [0.5, 0.6) is 0 Å². The molecule has 1 amide bonds. The molecule has 318 valence electrons. The largest absolute Gasteiger partial charge is 0.445 e. The summed E-state index contributed by atoms with van der Waals surface area (Å²) in [5, 5.41) is 3.05. The molecule has 3 aromatic heterocycles. The number of rotatable bonds is 5. The third kappa shape index (κ3) is 8.05. The number of amides is 1. The van der Waals surface area contributed by atoms with E-state index < -0.39 is 0 Å². The smallest absolute Gasteiger partial charge is 0.407 e. The molecule has 11 rings (SSSR count). The van der Waals surface area contributed by atoms with E-state index in [0.717, 1.165) is 152 Å². The summed E-state index contributed by atoms with van der Waals surface area (Å²) in [5.74, 6) is 2.76. The third-order valence-corrected chi connectivity index (χ3v) is 14.2. The van der Waals surface area contributed by atoms with E-state index in [9.17, 15) is 4.79 Å². The summed E-state index contributed by atoms with van der Waals surface area (Å²) in [7, 11) is 0. The predicted molar refractivity (Wildman–Crippen MR) is 239 cm³/mol. The number of fused-ring (bicyclic) bond motifs is 3. The average Bonchev–Trinajstić information content (AvgIpc) is 4.09. The summed E-state index contributed by atoms with van der Waals surface area (Å²) in [6.07, 6.45) is 12.6. The summed E-state index contributed by atoms with van der Waals surface area (Å²) in [4.78, 5) is 52.1. The van der Waals surface area contributed by atoms with Gasteiger partial charge in [-0.3, -0.25) is 15.0 Å². The molecule has 2 unspecified atom stereocenters. The zero-order valence-electron chi connectivity index (χ0n) is 34.2. The SMILES string of the molecule is NC1CCOC12CCN(c1cnc3c(n1)CN=C3N1CCCc3ncccc31)CC2.O=C(NC1CCOC12CCN(c1cnc3c(n1)CN=C3I)CC2)OCc1ccccc1. The number of aryl methyl sites for hydroxylation is 1. The first-order valence-electron chi connectivity index (χ1n) is 21.6. The summed E-state index contributed by atoms with van der Waals surface area (Å²) in [6.45, 7) is 7.25. The third-order valence-electron chi connectivity index (χ3n) is 13.3. The molecule has 0 saturated carbocycles. The van der Waals surface area contributed by atoms with Crippen molar-refractivity contribution in [3.8, 4) is 0 Å². The van der Waals surface area contributed by atoms with Crippen molar-refractivity contribution in [3.05, 3.63) is 95.1 Å². The van der Waals surface area contributed by atoms with Crippen LogP contribution in [-0.2, 0) is 40.3 Å². The molecule has 2 atom stereocenters. The van der Waals surface area contributed by atoms with Crippen molar-refractivity contribution in [2.24, 2.45) is 15.7 Å². The summed E-state index contributed by atoms with van der Waals surface area (Å²) in [6, 6.07) is 13.9. The highest BCUT2D eigenvalue weighted by Crippen LogP contribution is 2.39. The Hall–Kier alpha value is -4.85. The van der Waals surface area contributed by atoms with Crippen LogP contribution in [0.3, 0.4) is 0 Å². The van der Waals surface area contributed by atoms with Gasteiger partial charge in [0.25, 0.3) is 0 Å². The van der Waals surface area contributed by atoms with Crippen molar-refractivity contribution in [1.82, 2.24) is 30.2 Å². The summed E-state index contributed by atoms with van der Waals surface area (Å²) >= 11 is 2.20. The second-order valence-electron chi connectivity index (χ2n) is 16.8. The lowest BCUT2D eigenvalue weighted by Crippen LogP contribution is -2.55. The average molecular weight is 939 g/mol. The Morgan fingerprint density at radius 3 is 2.21 bits per heavy atom. The van der Waals surface area contributed by atoms with E-state index in [1.807, 2.05) is 55.0 Å². The number of carbonyl (C=O) groups excluding carboxylic acids is 1. The molecule has 0 bridgehead atoms. The number of pyridine rings is 1. The van der Waals surface area contributed by atoms with Gasteiger partial charge in [0.05, 0.1) is 65.5 Å². The Morgan fingerprint density at radius 1 is 0.803 bits per heavy atom. The van der Waals surface area contributed by atoms with Crippen LogP contribution in [0.2, 0.25) is 0 Å². The van der Waals surface area contributed by atoms with Crippen molar-refractivity contribution in [2.75, 3.05) is 60.6 Å². The zero-order chi connectivity index (χ0) is 41.4. The monoisotopic (exact) mass is 938 g/mol. The normalized spacial score (nSPS) is 23.1. The highest BCUT2D eigenvalue weighted by molar-refractivity contribution is 14.1. The molecular weight excluding hydrogens is 887 g/mol. The van der Waals surface area contributed by atoms with Crippen molar-refractivity contribution in [1.29, 1.82) is 0 Å². The lowest BCUT2D eigenvalue weighted by Gasteiger charge is -2.42. The van der Waals surface area contributed by atoms with Gasteiger partial charge >= 0.3 is 6.09 Å². The lowest BCUT2D eigenvalue weighted by atomic mass is 9.84. The van der Waals surface area contributed by atoms with Crippen LogP contribution in [0.15, 0.2) is 71.0 Å². The number of nitrogens with two attached hydrogens (primary N) is 1. The fraction of sp³-hybridized carbons (Fsp3) is 0.500. The van der Waals surface area contributed by atoms with E-state index in [0.29, 0.717) is 19.7 Å². The highest BCUT2D eigenvalue weighted by atomic mass is 127. The molecule has 7 aliphatic heterocycles. The maximum atomic E-state index is 12.4. The number of carbonyl (C=O) groups is 1.